The van der Waals surface area contributed by atoms with Gasteiger partial charge in [-0.15, -0.1) is 5.10 Å². The van der Waals surface area contributed by atoms with E-state index >= 15 is 0 Å². The maximum absolute atomic E-state index is 12.9. The molecule has 1 aromatic heterocycles. The highest BCUT2D eigenvalue weighted by molar-refractivity contribution is 5.90. The molecule has 25 heavy (non-hydrogen) atoms. The number of nitrogens with zero attached hydrogens (tertiary/aromatic N) is 2. The Morgan fingerprint density at radius 1 is 1.16 bits per heavy atom. The van der Waals surface area contributed by atoms with Crippen molar-refractivity contribution in [3.05, 3.63) is 71.4 Å². The summed E-state index contributed by atoms with van der Waals surface area (Å²) >= 11 is 0. The van der Waals surface area contributed by atoms with Gasteiger partial charge in [0.15, 0.2) is 0 Å². The zero-order chi connectivity index (χ0) is 17.6. The molecule has 0 radical (unpaired) electrons. The first-order valence-electron chi connectivity index (χ1n) is 7.62. The van der Waals surface area contributed by atoms with E-state index in [0.29, 0.717) is 18.1 Å². The topological polar surface area (TPSA) is 77.2 Å². The van der Waals surface area contributed by atoms with Crippen molar-refractivity contribution >= 4 is 11.9 Å². The average molecular weight is 341 g/mol. The van der Waals surface area contributed by atoms with Gasteiger partial charge in [0, 0.05) is 0 Å². The summed E-state index contributed by atoms with van der Waals surface area (Å²) in [7, 11) is 1.57. The van der Waals surface area contributed by atoms with Gasteiger partial charge < -0.3 is 9.15 Å². The second-order valence-electron chi connectivity index (χ2n) is 5.38. The van der Waals surface area contributed by atoms with E-state index < -0.39 is 0 Å². The van der Waals surface area contributed by atoms with Crippen molar-refractivity contribution in [2.24, 2.45) is 0 Å². The van der Waals surface area contributed by atoms with Gasteiger partial charge in [-0.3, -0.25) is 10.1 Å². The molecule has 6 nitrogen and oxygen atoms in total. The van der Waals surface area contributed by atoms with Gasteiger partial charge in [0.25, 0.3) is 0 Å². The molecule has 0 unspecified atom stereocenters. The van der Waals surface area contributed by atoms with Gasteiger partial charge in [-0.05, 0) is 35.4 Å². The molecule has 3 aromatic rings. The minimum Gasteiger partial charge on any atom is -0.497 e. The van der Waals surface area contributed by atoms with E-state index in [1.54, 1.807) is 31.4 Å². The number of benzene rings is 2. The number of nitrogens with one attached hydrogen (secondary N) is 1. The molecule has 0 bridgehead atoms. The standard InChI is InChI=1S/C18H16FN3O3/c1-24-15-4-2-3-13(9-15)10-16(23)20-18-22-21-17(25-18)11-12-5-7-14(19)8-6-12/h2-9H,10-11H2,1H3,(H,20,22,23). The first-order chi connectivity index (χ1) is 12.1. The Morgan fingerprint density at radius 2 is 1.96 bits per heavy atom. The van der Waals surface area contributed by atoms with Crippen LogP contribution < -0.4 is 10.1 Å². The lowest BCUT2D eigenvalue weighted by Crippen LogP contribution is -2.14. The smallest absolute Gasteiger partial charge is 0.322 e. The Bertz CT molecular complexity index is 862. The molecule has 0 atom stereocenters. The lowest BCUT2D eigenvalue weighted by molar-refractivity contribution is -0.115. The first-order valence-corrected chi connectivity index (χ1v) is 7.62. The number of carbonyl (C=O) groups excluding carboxylic acids is 1. The van der Waals surface area contributed by atoms with Crippen LogP contribution in [-0.4, -0.2) is 23.2 Å². The molecule has 0 saturated carbocycles. The zero-order valence-corrected chi connectivity index (χ0v) is 13.5. The molecular formula is C18H16FN3O3. The molecule has 7 heteroatoms. The number of ether oxygens (including phenoxy) is 1. The first kappa shape index (κ1) is 16.6. The minimum absolute atomic E-state index is 0.0324. The van der Waals surface area contributed by atoms with Gasteiger partial charge in [0.05, 0.1) is 20.0 Å². The molecular weight excluding hydrogens is 325 g/mol. The number of aromatic nitrogens is 2. The van der Waals surface area contributed by atoms with Crippen molar-refractivity contribution in [1.82, 2.24) is 10.2 Å². The number of hydrogen-bond donors (Lipinski definition) is 1. The molecule has 0 spiro atoms. The fourth-order valence-electron chi connectivity index (χ4n) is 2.28. The summed E-state index contributed by atoms with van der Waals surface area (Å²) in [6, 6.07) is 13.3. The molecule has 1 N–H and O–H groups in total. The monoisotopic (exact) mass is 341 g/mol. The van der Waals surface area contributed by atoms with Gasteiger partial charge in [0.1, 0.15) is 11.6 Å². The molecule has 0 aliphatic heterocycles. The third-order valence-electron chi connectivity index (χ3n) is 3.48. The van der Waals surface area contributed by atoms with Crippen LogP contribution in [0.25, 0.3) is 0 Å². The number of rotatable bonds is 6. The highest BCUT2D eigenvalue weighted by atomic mass is 19.1. The zero-order valence-electron chi connectivity index (χ0n) is 13.5. The Balaban J connectivity index is 1.58. The van der Waals surface area contributed by atoms with Crippen LogP contribution >= 0.6 is 0 Å². The van der Waals surface area contributed by atoms with Crippen LogP contribution in [0, 0.1) is 5.82 Å². The fourth-order valence-corrected chi connectivity index (χ4v) is 2.28. The molecule has 0 saturated heterocycles. The van der Waals surface area contributed by atoms with E-state index in [1.165, 1.54) is 12.1 Å². The van der Waals surface area contributed by atoms with Crippen molar-refractivity contribution < 1.29 is 18.3 Å². The molecule has 3 rings (SSSR count). The van der Waals surface area contributed by atoms with Gasteiger partial charge in [-0.1, -0.05) is 29.4 Å². The summed E-state index contributed by atoms with van der Waals surface area (Å²) in [4.78, 5) is 12.1. The maximum Gasteiger partial charge on any atom is 0.322 e. The van der Waals surface area contributed by atoms with Crippen molar-refractivity contribution in [3.63, 3.8) is 0 Å². The molecule has 0 aliphatic carbocycles. The van der Waals surface area contributed by atoms with Crippen molar-refractivity contribution in [2.75, 3.05) is 12.4 Å². The van der Waals surface area contributed by atoms with E-state index in [1.807, 2.05) is 12.1 Å². The van der Waals surface area contributed by atoms with Gasteiger partial charge in [0.2, 0.25) is 11.8 Å². The predicted octanol–water partition coefficient (Wildman–Crippen LogP) is 2.99. The van der Waals surface area contributed by atoms with Gasteiger partial charge in [-0.2, -0.15) is 0 Å². The van der Waals surface area contributed by atoms with E-state index in [9.17, 15) is 9.18 Å². The highest BCUT2D eigenvalue weighted by Crippen LogP contribution is 2.15. The van der Waals surface area contributed by atoms with Crippen molar-refractivity contribution in [3.8, 4) is 5.75 Å². The minimum atomic E-state index is -0.306. The molecule has 2 aromatic carbocycles. The number of carbonyl (C=O) groups is 1. The molecule has 1 amide bonds. The Hall–Kier alpha value is -3.22. The summed E-state index contributed by atoms with van der Waals surface area (Å²) in [6.07, 6.45) is 0.520. The van der Waals surface area contributed by atoms with E-state index in [-0.39, 0.29) is 24.2 Å². The number of halogens is 1. The number of hydrogen-bond acceptors (Lipinski definition) is 5. The normalized spacial score (nSPS) is 10.5. The van der Waals surface area contributed by atoms with Crippen LogP contribution in [-0.2, 0) is 17.6 Å². The Kier molecular flexibility index (Phi) is 5.03. The third kappa shape index (κ3) is 4.63. The lowest BCUT2D eigenvalue weighted by Gasteiger charge is -2.04. The summed E-state index contributed by atoms with van der Waals surface area (Å²) in [5.74, 6) is 0.443. The fraction of sp³-hybridized carbons (Fsp3) is 0.167. The maximum atomic E-state index is 12.9. The van der Waals surface area contributed by atoms with Crippen molar-refractivity contribution in [2.45, 2.75) is 12.8 Å². The highest BCUT2D eigenvalue weighted by Gasteiger charge is 2.11. The van der Waals surface area contributed by atoms with Crippen LogP contribution in [0.15, 0.2) is 52.9 Å². The molecule has 0 aliphatic rings. The van der Waals surface area contributed by atoms with Crippen molar-refractivity contribution in [1.29, 1.82) is 0 Å². The van der Waals surface area contributed by atoms with Crippen LogP contribution in [0.4, 0.5) is 10.4 Å². The second kappa shape index (κ2) is 7.57. The van der Waals surface area contributed by atoms with E-state index in [0.717, 1.165) is 11.1 Å². The number of amides is 1. The SMILES string of the molecule is COc1cccc(CC(=O)Nc2nnc(Cc3ccc(F)cc3)o2)c1. The van der Waals surface area contributed by atoms with E-state index in [4.69, 9.17) is 9.15 Å². The quantitative estimate of drug-likeness (QED) is 0.746. The average Bonchev–Trinajstić information content (AvgIpc) is 3.04. The number of methoxy groups -OCH3 is 1. The second-order valence-corrected chi connectivity index (χ2v) is 5.38. The molecule has 0 fully saturated rings. The van der Waals surface area contributed by atoms with Crippen LogP contribution in [0.2, 0.25) is 0 Å². The number of anilines is 1. The summed E-state index contributed by atoms with van der Waals surface area (Å²) < 4.78 is 23.4. The summed E-state index contributed by atoms with van der Waals surface area (Å²) in [6.45, 7) is 0. The Morgan fingerprint density at radius 3 is 2.72 bits per heavy atom. The molecule has 1 heterocycles. The Labute approximate surface area is 143 Å². The molecule has 128 valence electrons. The third-order valence-corrected chi connectivity index (χ3v) is 3.48. The van der Waals surface area contributed by atoms with Gasteiger partial charge in [-0.25, -0.2) is 4.39 Å². The lowest BCUT2D eigenvalue weighted by atomic mass is 10.1. The largest absolute Gasteiger partial charge is 0.497 e. The summed E-state index contributed by atoms with van der Waals surface area (Å²) in [5.41, 5.74) is 1.64. The summed E-state index contributed by atoms with van der Waals surface area (Å²) in [5, 5.41) is 10.2. The van der Waals surface area contributed by atoms with E-state index in [2.05, 4.69) is 15.5 Å². The predicted molar refractivity (Wildman–Crippen MR) is 88.8 cm³/mol. The van der Waals surface area contributed by atoms with Crippen LogP contribution in [0.1, 0.15) is 17.0 Å². The van der Waals surface area contributed by atoms with Crippen LogP contribution in [0.5, 0.6) is 5.75 Å². The van der Waals surface area contributed by atoms with Crippen LogP contribution in [0.3, 0.4) is 0 Å². The van der Waals surface area contributed by atoms with Gasteiger partial charge >= 0.3 is 6.01 Å².